The number of benzene rings is 1. The number of nitrogens with zero attached hydrogens (tertiary/aromatic N) is 2. The minimum absolute atomic E-state index is 0.0488. The lowest BCUT2D eigenvalue weighted by Crippen LogP contribution is -2.05. The molecule has 0 fully saturated rings. The van der Waals surface area contributed by atoms with Crippen molar-refractivity contribution < 1.29 is 19.4 Å². The summed E-state index contributed by atoms with van der Waals surface area (Å²) in [6.07, 6.45) is 1.11. The van der Waals surface area contributed by atoms with E-state index in [2.05, 4.69) is 0 Å². The normalized spacial score (nSPS) is 10.7. The van der Waals surface area contributed by atoms with Gasteiger partial charge in [-0.3, -0.25) is 4.79 Å². The summed E-state index contributed by atoms with van der Waals surface area (Å²) < 4.78 is 4.97. The number of hydrogen-bond acceptors (Lipinski definition) is 7. The van der Waals surface area contributed by atoms with Gasteiger partial charge >= 0.3 is 5.97 Å². The Kier molecular flexibility index (Phi) is 6.48. The molecule has 0 aliphatic rings. The molecule has 0 amide bonds. The maximum atomic E-state index is 12.6. The minimum atomic E-state index is -0.541. The molecule has 27 heavy (non-hydrogen) atoms. The highest BCUT2D eigenvalue weighted by Gasteiger charge is 2.23. The summed E-state index contributed by atoms with van der Waals surface area (Å²) in [6.45, 7) is 3.51. The Morgan fingerprint density at radius 1 is 1.30 bits per heavy atom. The molecule has 1 heterocycles. The lowest BCUT2D eigenvalue weighted by Gasteiger charge is -2.01. The Balaban J connectivity index is 2.36. The molecule has 2 rings (SSSR count). The average molecular weight is 380 g/mol. The van der Waals surface area contributed by atoms with Gasteiger partial charge in [-0.05, 0) is 31.6 Å². The van der Waals surface area contributed by atoms with Gasteiger partial charge in [0.2, 0.25) is 0 Å². The lowest BCUT2D eigenvalue weighted by atomic mass is 10.0. The molecule has 2 aromatic rings. The third-order valence-corrected chi connectivity index (χ3v) is 5.04. The van der Waals surface area contributed by atoms with Crippen molar-refractivity contribution in [3.63, 3.8) is 0 Å². The van der Waals surface area contributed by atoms with Crippen molar-refractivity contribution in [3.8, 4) is 17.9 Å². The molecule has 0 saturated heterocycles. The number of aromatic hydroxyl groups is 1. The molecule has 0 spiro atoms. The van der Waals surface area contributed by atoms with Crippen LogP contribution in [0.4, 0.5) is 0 Å². The second-order valence-electron chi connectivity index (χ2n) is 5.52. The van der Waals surface area contributed by atoms with Crippen LogP contribution >= 0.6 is 11.3 Å². The molecular formula is C20H16N2O4S. The summed E-state index contributed by atoms with van der Waals surface area (Å²) in [5, 5.41) is 28.5. The number of rotatable bonds is 6. The number of ether oxygens (including phenoxy) is 1. The minimum Gasteiger partial charge on any atom is -0.507 e. The Morgan fingerprint density at radius 2 is 2.00 bits per heavy atom. The van der Waals surface area contributed by atoms with Crippen molar-refractivity contribution in [2.24, 2.45) is 0 Å². The zero-order valence-electron chi connectivity index (χ0n) is 14.8. The molecule has 0 radical (unpaired) electrons. The molecule has 1 aromatic heterocycles. The number of allylic oxidation sites excluding steroid dienone is 1. The molecule has 0 saturated carbocycles. The fourth-order valence-corrected chi connectivity index (χ4v) is 3.56. The van der Waals surface area contributed by atoms with E-state index >= 15 is 0 Å². The summed E-state index contributed by atoms with van der Waals surface area (Å²) >= 11 is 1.02. The first kappa shape index (κ1) is 19.9. The van der Waals surface area contributed by atoms with Gasteiger partial charge in [-0.1, -0.05) is 18.2 Å². The Labute approximate surface area is 160 Å². The van der Waals surface area contributed by atoms with E-state index in [9.17, 15) is 25.2 Å². The maximum absolute atomic E-state index is 12.6. The third-order valence-electron chi connectivity index (χ3n) is 3.77. The molecule has 7 heteroatoms. The molecule has 0 aliphatic carbocycles. The van der Waals surface area contributed by atoms with Gasteiger partial charge in [0.1, 0.15) is 22.8 Å². The van der Waals surface area contributed by atoms with E-state index in [1.807, 2.05) is 12.1 Å². The van der Waals surface area contributed by atoms with Gasteiger partial charge in [0, 0.05) is 16.9 Å². The molecule has 0 bridgehead atoms. The Bertz CT molecular complexity index is 1010. The largest absolute Gasteiger partial charge is 0.507 e. The van der Waals surface area contributed by atoms with E-state index in [0.29, 0.717) is 16.0 Å². The van der Waals surface area contributed by atoms with Crippen LogP contribution in [-0.2, 0) is 16.0 Å². The van der Waals surface area contributed by atoms with E-state index in [1.54, 1.807) is 32.0 Å². The number of esters is 1. The van der Waals surface area contributed by atoms with Gasteiger partial charge in [0.25, 0.3) is 0 Å². The van der Waals surface area contributed by atoms with Crippen LogP contribution in [0, 0.1) is 29.6 Å². The number of thiophene rings is 1. The summed E-state index contributed by atoms with van der Waals surface area (Å²) in [5.74, 6) is -1.10. The van der Waals surface area contributed by atoms with Crippen molar-refractivity contribution in [2.45, 2.75) is 20.3 Å². The molecular weight excluding hydrogens is 364 g/mol. The van der Waals surface area contributed by atoms with E-state index in [0.717, 1.165) is 11.3 Å². The topological polar surface area (TPSA) is 111 Å². The van der Waals surface area contributed by atoms with Gasteiger partial charge in [-0.15, -0.1) is 11.3 Å². The van der Waals surface area contributed by atoms with Crippen LogP contribution < -0.4 is 0 Å². The van der Waals surface area contributed by atoms with Crippen LogP contribution in [0.15, 0.2) is 29.8 Å². The highest BCUT2D eigenvalue weighted by molar-refractivity contribution is 7.14. The molecule has 0 atom stereocenters. The molecule has 6 nitrogen and oxygen atoms in total. The van der Waals surface area contributed by atoms with Gasteiger partial charge < -0.3 is 9.84 Å². The number of carbonyl (C=O) groups is 2. The summed E-state index contributed by atoms with van der Waals surface area (Å²) in [5.41, 5.74) is 0.907. The van der Waals surface area contributed by atoms with Crippen LogP contribution in [0.25, 0.3) is 6.08 Å². The number of phenols is 1. The highest BCUT2D eigenvalue weighted by Crippen LogP contribution is 2.30. The number of ketones is 1. The first-order chi connectivity index (χ1) is 12.9. The van der Waals surface area contributed by atoms with Crippen molar-refractivity contribution in [3.05, 3.63) is 56.3 Å². The first-order valence-electron chi connectivity index (χ1n) is 8.05. The van der Waals surface area contributed by atoms with Crippen LogP contribution in [0.2, 0.25) is 0 Å². The predicted molar refractivity (Wildman–Crippen MR) is 100 cm³/mol. The fraction of sp³-hybridized carbons (Fsp3) is 0.200. The third kappa shape index (κ3) is 4.41. The number of para-hydroxylation sites is 1. The van der Waals surface area contributed by atoms with Crippen molar-refractivity contribution in [1.29, 1.82) is 10.5 Å². The zero-order chi connectivity index (χ0) is 20.0. The zero-order valence-corrected chi connectivity index (χ0v) is 15.6. The summed E-state index contributed by atoms with van der Waals surface area (Å²) in [7, 11) is 0. The lowest BCUT2D eigenvalue weighted by molar-refractivity contribution is -0.114. The number of carbonyl (C=O) groups excluding carboxylic acids is 2. The van der Waals surface area contributed by atoms with Gasteiger partial charge in [0.15, 0.2) is 5.78 Å². The van der Waals surface area contributed by atoms with Gasteiger partial charge in [-0.25, -0.2) is 4.79 Å². The van der Waals surface area contributed by atoms with Crippen LogP contribution in [0.3, 0.4) is 0 Å². The standard InChI is InChI=1S/C20H16N2O4S/c1-3-26-20(25)19-12(2)15(11-22)18(27-19)9-17(24)14(10-21)8-13-6-4-5-7-16(13)23/h4-8,23H,3,9H2,1-2H3/b14-8+. The SMILES string of the molecule is CCOC(=O)c1sc(CC(=O)/C(C#N)=C/c2ccccc2O)c(C#N)c1C. The predicted octanol–water partition coefficient (Wildman–Crippen LogP) is 3.53. The van der Waals surface area contributed by atoms with Crippen molar-refractivity contribution in [1.82, 2.24) is 0 Å². The molecule has 136 valence electrons. The van der Waals surface area contributed by atoms with Crippen molar-refractivity contribution >= 4 is 29.2 Å². The van der Waals surface area contributed by atoms with Crippen LogP contribution in [0.1, 0.15) is 38.2 Å². The highest BCUT2D eigenvalue weighted by atomic mass is 32.1. The van der Waals surface area contributed by atoms with Crippen molar-refractivity contribution in [2.75, 3.05) is 6.61 Å². The van der Waals surface area contributed by atoms with Gasteiger partial charge in [0.05, 0.1) is 17.7 Å². The average Bonchev–Trinajstić information content (AvgIpc) is 2.96. The van der Waals surface area contributed by atoms with Gasteiger partial charge in [-0.2, -0.15) is 10.5 Å². The van der Waals surface area contributed by atoms with Crippen LogP contribution in [0.5, 0.6) is 5.75 Å². The van der Waals surface area contributed by atoms with E-state index in [4.69, 9.17) is 4.74 Å². The maximum Gasteiger partial charge on any atom is 0.348 e. The van der Waals surface area contributed by atoms with E-state index < -0.39 is 11.8 Å². The smallest absolute Gasteiger partial charge is 0.348 e. The number of phenolic OH excluding ortho intramolecular Hbond substituents is 1. The summed E-state index contributed by atoms with van der Waals surface area (Å²) in [4.78, 5) is 25.2. The molecule has 1 aromatic carbocycles. The van der Waals surface area contributed by atoms with E-state index in [-0.39, 0.29) is 34.8 Å². The van der Waals surface area contributed by atoms with Crippen LogP contribution in [-0.4, -0.2) is 23.5 Å². The fourth-order valence-electron chi connectivity index (χ4n) is 2.42. The number of Topliss-reactive ketones (excluding diaryl/α,β-unsaturated/α-hetero) is 1. The monoisotopic (exact) mass is 380 g/mol. The summed E-state index contributed by atoms with van der Waals surface area (Å²) in [6, 6.07) is 10.2. The number of hydrogen-bond donors (Lipinski definition) is 1. The molecule has 0 unspecified atom stereocenters. The Morgan fingerprint density at radius 3 is 2.59 bits per heavy atom. The number of nitriles is 2. The second-order valence-corrected chi connectivity index (χ2v) is 6.62. The quantitative estimate of drug-likeness (QED) is 0.466. The Hall–Kier alpha value is -3.42. The second kappa shape index (κ2) is 8.79. The van der Waals surface area contributed by atoms with E-state index in [1.165, 1.54) is 12.1 Å². The molecule has 0 aliphatic heterocycles. The first-order valence-corrected chi connectivity index (χ1v) is 8.87. The molecule has 1 N–H and O–H groups in total.